The van der Waals surface area contributed by atoms with E-state index in [-0.39, 0.29) is 12.4 Å². The third-order valence-corrected chi connectivity index (χ3v) is 3.35. The zero-order valence-corrected chi connectivity index (χ0v) is 13.0. The minimum absolute atomic E-state index is 0. The minimum atomic E-state index is -0.537. The number of nitrogens with zero attached hydrogens (tertiary/aromatic N) is 3. The van der Waals surface area contributed by atoms with E-state index in [1.54, 1.807) is 0 Å². The van der Waals surface area contributed by atoms with Gasteiger partial charge in [0.05, 0.1) is 12.1 Å². The lowest BCUT2D eigenvalue weighted by molar-refractivity contribution is 0.121. The Hall–Kier alpha value is -0.650. The van der Waals surface area contributed by atoms with Gasteiger partial charge in [0.25, 0.3) is 0 Å². The third-order valence-electron chi connectivity index (χ3n) is 3.35. The van der Waals surface area contributed by atoms with E-state index in [2.05, 4.69) is 28.9 Å². The molecule has 0 amide bonds. The summed E-state index contributed by atoms with van der Waals surface area (Å²) in [4.78, 5) is 6.77. The molecule has 0 radical (unpaired) electrons. The van der Waals surface area contributed by atoms with E-state index in [1.165, 1.54) is 6.42 Å². The van der Waals surface area contributed by atoms with Gasteiger partial charge in [-0.05, 0) is 32.1 Å². The third kappa shape index (κ3) is 4.44. The van der Waals surface area contributed by atoms with E-state index in [1.807, 2.05) is 13.8 Å². The molecule has 0 aromatic carbocycles. The van der Waals surface area contributed by atoms with Crippen molar-refractivity contribution < 1.29 is 4.52 Å². The van der Waals surface area contributed by atoms with Gasteiger partial charge in [-0.2, -0.15) is 4.98 Å². The van der Waals surface area contributed by atoms with Crippen LogP contribution in [0, 0.1) is 11.8 Å². The van der Waals surface area contributed by atoms with E-state index in [0.717, 1.165) is 31.5 Å². The minimum Gasteiger partial charge on any atom is -0.338 e. The van der Waals surface area contributed by atoms with Crippen LogP contribution in [0.2, 0.25) is 0 Å². The maximum absolute atomic E-state index is 5.95. The molecule has 0 saturated carbocycles. The smallest absolute Gasteiger partial charge is 0.240 e. The fourth-order valence-electron chi connectivity index (χ4n) is 2.69. The number of hydrogen-bond acceptors (Lipinski definition) is 5. The van der Waals surface area contributed by atoms with Crippen LogP contribution in [-0.2, 0) is 12.1 Å². The second-order valence-electron chi connectivity index (χ2n) is 6.37. The summed E-state index contributed by atoms with van der Waals surface area (Å²) < 4.78 is 5.28. The number of halogens is 1. The molecule has 2 heterocycles. The van der Waals surface area contributed by atoms with Gasteiger partial charge in [0.15, 0.2) is 5.82 Å². The van der Waals surface area contributed by atoms with Crippen LogP contribution in [0.1, 0.15) is 45.8 Å². The van der Waals surface area contributed by atoms with Gasteiger partial charge >= 0.3 is 0 Å². The SMILES string of the molecule is CC1CC(C)CN(Cc2nc(C(C)(C)N)no2)C1.Cl. The van der Waals surface area contributed by atoms with Crippen molar-refractivity contribution in [2.24, 2.45) is 17.6 Å². The standard InChI is InChI=1S/C13H24N4O.ClH/c1-9-5-10(2)7-17(6-9)8-11-15-12(16-18-11)13(3,4)14;/h9-10H,5-8,14H2,1-4H3;1H. The van der Waals surface area contributed by atoms with Gasteiger partial charge in [0.1, 0.15) is 0 Å². The molecule has 1 fully saturated rings. The fourth-order valence-corrected chi connectivity index (χ4v) is 2.69. The highest BCUT2D eigenvalue weighted by molar-refractivity contribution is 5.85. The van der Waals surface area contributed by atoms with Crippen molar-refractivity contribution in [3.8, 4) is 0 Å². The van der Waals surface area contributed by atoms with Crippen LogP contribution in [0.4, 0.5) is 0 Å². The number of aromatic nitrogens is 2. The molecule has 1 aliphatic heterocycles. The van der Waals surface area contributed by atoms with Crippen LogP contribution in [0.25, 0.3) is 0 Å². The quantitative estimate of drug-likeness (QED) is 0.923. The highest BCUT2D eigenvalue weighted by atomic mass is 35.5. The normalized spacial score (nSPS) is 25.1. The Morgan fingerprint density at radius 2 is 1.89 bits per heavy atom. The summed E-state index contributed by atoms with van der Waals surface area (Å²) >= 11 is 0. The lowest BCUT2D eigenvalue weighted by Crippen LogP contribution is -2.38. The van der Waals surface area contributed by atoms with E-state index in [9.17, 15) is 0 Å². The van der Waals surface area contributed by atoms with Crippen molar-refractivity contribution in [2.75, 3.05) is 13.1 Å². The van der Waals surface area contributed by atoms with Gasteiger partial charge < -0.3 is 10.3 Å². The predicted molar refractivity (Wildman–Crippen MR) is 77.0 cm³/mol. The Labute approximate surface area is 121 Å². The van der Waals surface area contributed by atoms with Gasteiger partial charge in [-0.25, -0.2) is 0 Å². The van der Waals surface area contributed by atoms with Crippen LogP contribution in [0.5, 0.6) is 0 Å². The molecule has 2 atom stereocenters. The van der Waals surface area contributed by atoms with Crippen molar-refractivity contribution in [1.82, 2.24) is 15.0 Å². The molecule has 2 rings (SSSR count). The number of hydrogen-bond donors (Lipinski definition) is 1. The predicted octanol–water partition coefficient (Wildman–Crippen LogP) is 2.16. The summed E-state index contributed by atoms with van der Waals surface area (Å²) in [5.41, 5.74) is 5.41. The van der Waals surface area contributed by atoms with E-state index >= 15 is 0 Å². The van der Waals surface area contributed by atoms with Crippen molar-refractivity contribution in [1.29, 1.82) is 0 Å². The molecular formula is C13H25ClN4O. The molecule has 6 heteroatoms. The first-order valence-corrected chi connectivity index (χ1v) is 6.69. The van der Waals surface area contributed by atoms with Gasteiger partial charge in [-0.1, -0.05) is 19.0 Å². The Morgan fingerprint density at radius 3 is 2.37 bits per heavy atom. The molecule has 2 N–H and O–H groups in total. The molecule has 0 spiro atoms. The summed E-state index contributed by atoms with van der Waals surface area (Å²) in [6.45, 7) is 11.3. The van der Waals surface area contributed by atoms with Gasteiger partial charge in [-0.15, -0.1) is 12.4 Å². The average molecular weight is 289 g/mol. The number of nitrogens with two attached hydrogens (primary N) is 1. The first-order chi connectivity index (χ1) is 8.34. The zero-order chi connectivity index (χ0) is 13.3. The molecule has 0 aliphatic carbocycles. The molecular weight excluding hydrogens is 264 g/mol. The van der Waals surface area contributed by atoms with Gasteiger partial charge in [0.2, 0.25) is 5.89 Å². The van der Waals surface area contributed by atoms with Gasteiger partial charge in [0, 0.05) is 13.1 Å². The molecule has 1 aromatic heterocycles. The summed E-state index contributed by atoms with van der Waals surface area (Å²) in [7, 11) is 0. The highest BCUT2D eigenvalue weighted by Crippen LogP contribution is 2.22. The summed E-state index contributed by atoms with van der Waals surface area (Å²) in [5, 5.41) is 3.95. The molecule has 1 aromatic rings. The second-order valence-corrected chi connectivity index (χ2v) is 6.37. The molecule has 1 saturated heterocycles. The van der Waals surface area contributed by atoms with Crippen molar-refractivity contribution in [2.45, 2.75) is 46.2 Å². The van der Waals surface area contributed by atoms with Crippen molar-refractivity contribution in [3.05, 3.63) is 11.7 Å². The largest absolute Gasteiger partial charge is 0.338 e. The molecule has 1 aliphatic rings. The van der Waals surface area contributed by atoms with Crippen LogP contribution >= 0.6 is 12.4 Å². The maximum atomic E-state index is 5.95. The molecule has 5 nitrogen and oxygen atoms in total. The monoisotopic (exact) mass is 288 g/mol. The van der Waals surface area contributed by atoms with Crippen molar-refractivity contribution >= 4 is 12.4 Å². The van der Waals surface area contributed by atoms with Crippen molar-refractivity contribution in [3.63, 3.8) is 0 Å². The Balaban J connectivity index is 0.00000180. The van der Waals surface area contributed by atoms with E-state index in [4.69, 9.17) is 10.3 Å². The lowest BCUT2D eigenvalue weighted by Gasteiger charge is -2.33. The molecule has 2 unspecified atom stereocenters. The Bertz CT molecular complexity index is 392. The van der Waals surface area contributed by atoms with Crippen LogP contribution in [0.15, 0.2) is 4.52 Å². The first kappa shape index (κ1) is 16.4. The zero-order valence-electron chi connectivity index (χ0n) is 12.2. The van der Waals surface area contributed by atoms with Gasteiger partial charge in [-0.3, -0.25) is 4.90 Å². The summed E-state index contributed by atoms with van der Waals surface area (Å²) in [6.07, 6.45) is 1.31. The number of likely N-dealkylation sites (tertiary alicyclic amines) is 1. The van der Waals surface area contributed by atoms with Crippen LogP contribution in [0.3, 0.4) is 0 Å². The molecule has 110 valence electrons. The van der Waals surface area contributed by atoms with E-state index in [0.29, 0.717) is 11.7 Å². The maximum Gasteiger partial charge on any atom is 0.240 e. The average Bonchev–Trinajstić information content (AvgIpc) is 2.63. The first-order valence-electron chi connectivity index (χ1n) is 6.69. The number of rotatable bonds is 3. The topological polar surface area (TPSA) is 68.2 Å². The lowest BCUT2D eigenvalue weighted by atomic mass is 9.92. The Kier molecular flexibility index (Phi) is 5.35. The number of piperidine rings is 1. The van der Waals surface area contributed by atoms with Crippen LogP contribution in [-0.4, -0.2) is 28.1 Å². The fraction of sp³-hybridized carbons (Fsp3) is 0.846. The Morgan fingerprint density at radius 1 is 1.32 bits per heavy atom. The molecule has 19 heavy (non-hydrogen) atoms. The summed E-state index contributed by atoms with van der Waals surface area (Å²) in [5.74, 6) is 2.73. The highest BCUT2D eigenvalue weighted by Gasteiger charge is 2.25. The summed E-state index contributed by atoms with van der Waals surface area (Å²) in [6, 6.07) is 0. The molecule has 0 bridgehead atoms. The van der Waals surface area contributed by atoms with Crippen LogP contribution < -0.4 is 5.73 Å². The van der Waals surface area contributed by atoms with E-state index < -0.39 is 5.54 Å². The second kappa shape index (κ2) is 6.20.